The summed E-state index contributed by atoms with van der Waals surface area (Å²) in [6.07, 6.45) is 3.05. The molecule has 1 aromatic rings. The van der Waals surface area contributed by atoms with Crippen molar-refractivity contribution < 1.29 is 13.9 Å². The number of hydrogen-bond acceptors (Lipinski definition) is 7. The molecular weight excluding hydrogens is 272 g/mol. The summed E-state index contributed by atoms with van der Waals surface area (Å²) in [5.74, 6) is 0.303. The molecule has 0 saturated carbocycles. The molecule has 110 valence electrons. The van der Waals surface area contributed by atoms with Crippen LogP contribution in [0, 0.1) is 11.5 Å². The van der Waals surface area contributed by atoms with E-state index in [9.17, 15) is 4.79 Å². The number of rotatable bonds is 3. The number of guanidine groups is 1. The van der Waals surface area contributed by atoms with Gasteiger partial charge in [0.25, 0.3) is 0 Å². The van der Waals surface area contributed by atoms with E-state index in [-0.39, 0.29) is 12.1 Å². The number of furan rings is 1. The maximum atomic E-state index is 12.3. The summed E-state index contributed by atoms with van der Waals surface area (Å²) in [5, 5.41) is 14.0. The second-order valence-corrected chi connectivity index (χ2v) is 4.75. The van der Waals surface area contributed by atoms with Gasteiger partial charge < -0.3 is 14.5 Å². The number of hydrogen-bond donors (Lipinski definition) is 2. The summed E-state index contributed by atoms with van der Waals surface area (Å²) in [5.41, 5.74) is 0.928. The van der Waals surface area contributed by atoms with E-state index >= 15 is 0 Å². The summed E-state index contributed by atoms with van der Waals surface area (Å²) < 4.78 is 10.6. The largest absolute Gasteiger partial charge is 0.467 e. The summed E-state index contributed by atoms with van der Waals surface area (Å²) in [6.45, 7) is 5.27. The highest BCUT2D eigenvalue weighted by atomic mass is 16.5. The van der Waals surface area contributed by atoms with Gasteiger partial charge in [-0.1, -0.05) is 0 Å². The van der Waals surface area contributed by atoms with E-state index in [1.807, 2.05) is 0 Å². The number of allylic oxidation sites excluding steroid dienone is 1. The Kier molecular flexibility index (Phi) is 4.28. The zero-order valence-corrected chi connectivity index (χ0v) is 12.0. The molecular formula is C14H16N4O3. The molecule has 2 rings (SSSR count). The molecule has 2 N–H and O–H groups in total. The quantitative estimate of drug-likeness (QED) is 0.497. The topological polar surface area (TPSA) is 99.7 Å². The van der Waals surface area contributed by atoms with Crippen LogP contribution in [-0.2, 0) is 9.53 Å². The van der Waals surface area contributed by atoms with Crippen LogP contribution < -0.4 is 10.6 Å². The lowest BCUT2D eigenvalue weighted by atomic mass is 10.0. The summed E-state index contributed by atoms with van der Waals surface area (Å²) >= 11 is 0. The monoisotopic (exact) mass is 288 g/mol. The lowest BCUT2D eigenvalue weighted by Gasteiger charge is -2.24. The Morgan fingerprint density at radius 3 is 2.95 bits per heavy atom. The number of ether oxygens (including phenoxy) is 1. The van der Waals surface area contributed by atoms with Crippen molar-refractivity contribution in [3.05, 3.63) is 35.4 Å². The van der Waals surface area contributed by atoms with Crippen LogP contribution >= 0.6 is 0 Å². The van der Waals surface area contributed by atoms with E-state index in [4.69, 9.17) is 14.4 Å². The maximum Gasteiger partial charge on any atom is 0.338 e. The molecule has 7 heteroatoms. The van der Waals surface area contributed by atoms with Crippen molar-refractivity contribution in [2.45, 2.75) is 32.9 Å². The molecule has 1 atom stereocenters. The Hall–Kier alpha value is -2.75. The lowest BCUT2D eigenvalue weighted by molar-refractivity contribution is -0.143. The average molecular weight is 288 g/mol. The molecule has 1 aromatic heterocycles. The molecule has 7 nitrogen and oxygen atoms in total. The van der Waals surface area contributed by atoms with E-state index in [0.29, 0.717) is 17.0 Å². The third kappa shape index (κ3) is 3.23. The second-order valence-electron chi connectivity index (χ2n) is 4.75. The zero-order valence-electron chi connectivity index (χ0n) is 12.0. The van der Waals surface area contributed by atoms with Crippen LogP contribution in [0.15, 0.2) is 39.1 Å². The fraction of sp³-hybridized carbons (Fsp3) is 0.357. The highest BCUT2D eigenvalue weighted by Gasteiger charge is 2.32. The Morgan fingerprint density at radius 1 is 1.62 bits per heavy atom. The third-order valence-electron chi connectivity index (χ3n) is 2.79. The van der Waals surface area contributed by atoms with E-state index < -0.39 is 12.0 Å². The van der Waals surface area contributed by atoms with Gasteiger partial charge in [-0.15, -0.1) is 0 Å². The van der Waals surface area contributed by atoms with Crippen LogP contribution in [0.3, 0.4) is 0 Å². The summed E-state index contributed by atoms with van der Waals surface area (Å²) in [4.78, 5) is 16.6. The van der Waals surface area contributed by atoms with Gasteiger partial charge in [0.15, 0.2) is 6.19 Å². The predicted octanol–water partition coefficient (Wildman–Crippen LogP) is 1.58. The van der Waals surface area contributed by atoms with Crippen molar-refractivity contribution in [3.63, 3.8) is 0 Å². The van der Waals surface area contributed by atoms with Crippen LogP contribution in [0.2, 0.25) is 0 Å². The van der Waals surface area contributed by atoms with Crippen molar-refractivity contribution >= 4 is 11.9 Å². The number of aliphatic imine (C=N–C) groups is 1. The zero-order chi connectivity index (χ0) is 15.4. The molecule has 1 aliphatic heterocycles. The number of nitrogens with zero attached hydrogens (tertiary/aromatic N) is 2. The third-order valence-corrected chi connectivity index (χ3v) is 2.79. The summed E-state index contributed by atoms with van der Waals surface area (Å²) in [7, 11) is 0. The summed E-state index contributed by atoms with van der Waals surface area (Å²) in [6, 6.07) is 2.79. The molecule has 1 aliphatic rings. The van der Waals surface area contributed by atoms with Gasteiger partial charge in [0, 0.05) is 5.70 Å². The maximum absolute atomic E-state index is 12.3. The van der Waals surface area contributed by atoms with Crippen LogP contribution in [0.4, 0.5) is 0 Å². The highest BCUT2D eigenvalue weighted by Crippen LogP contribution is 2.31. The molecule has 0 saturated heterocycles. The number of carbonyl (C=O) groups excluding carboxylic acids is 1. The first-order valence-electron chi connectivity index (χ1n) is 6.48. The smallest absolute Gasteiger partial charge is 0.338 e. The van der Waals surface area contributed by atoms with Gasteiger partial charge in [0.1, 0.15) is 11.8 Å². The van der Waals surface area contributed by atoms with Crippen molar-refractivity contribution in [3.8, 4) is 6.19 Å². The Bertz CT molecular complexity index is 623. The fourth-order valence-corrected chi connectivity index (χ4v) is 1.99. The first kappa shape index (κ1) is 14.7. The van der Waals surface area contributed by atoms with E-state index in [1.165, 1.54) is 6.26 Å². The fourth-order valence-electron chi connectivity index (χ4n) is 1.99. The van der Waals surface area contributed by atoms with Gasteiger partial charge in [-0.2, -0.15) is 5.26 Å². The van der Waals surface area contributed by atoms with Gasteiger partial charge in [0.2, 0.25) is 5.96 Å². The van der Waals surface area contributed by atoms with Gasteiger partial charge in [-0.05, 0) is 32.9 Å². The minimum atomic E-state index is -0.650. The number of nitriles is 1. The minimum absolute atomic E-state index is 0.238. The van der Waals surface area contributed by atoms with Crippen molar-refractivity contribution in [1.29, 1.82) is 5.26 Å². The molecule has 0 amide bonds. The molecule has 0 fully saturated rings. The Labute approximate surface area is 122 Å². The second kappa shape index (κ2) is 6.13. The van der Waals surface area contributed by atoms with E-state index in [2.05, 4.69) is 15.6 Å². The van der Waals surface area contributed by atoms with E-state index in [1.54, 1.807) is 39.1 Å². The van der Waals surface area contributed by atoms with Crippen molar-refractivity contribution in [1.82, 2.24) is 10.6 Å². The van der Waals surface area contributed by atoms with Crippen LogP contribution in [0.5, 0.6) is 0 Å². The first-order valence-corrected chi connectivity index (χ1v) is 6.48. The van der Waals surface area contributed by atoms with Crippen LogP contribution in [-0.4, -0.2) is 18.0 Å². The minimum Gasteiger partial charge on any atom is -0.467 e. The molecule has 0 spiro atoms. The Morgan fingerprint density at radius 2 is 2.38 bits per heavy atom. The average Bonchev–Trinajstić information content (AvgIpc) is 2.90. The number of carbonyl (C=O) groups is 1. The number of nitrogens with one attached hydrogen (secondary N) is 2. The van der Waals surface area contributed by atoms with Gasteiger partial charge in [0.05, 0.1) is 17.9 Å². The normalized spacial score (nSPS) is 17.9. The standard InChI is InChI=1S/C14H16N4O3/c1-8(2)21-13(19)11-9(3)17-14(16-7-15)18-12(11)10-5-4-6-20-10/h4-6,8,12H,1-3H3,(H2,16,17,18)/t12-/m1/s1. The molecule has 0 radical (unpaired) electrons. The van der Waals surface area contributed by atoms with Crippen molar-refractivity contribution in [2.24, 2.45) is 4.99 Å². The molecule has 21 heavy (non-hydrogen) atoms. The lowest BCUT2D eigenvalue weighted by Crippen LogP contribution is -2.39. The van der Waals surface area contributed by atoms with E-state index in [0.717, 1.165) is 0 Å². The Balaban J connectivity index is 2.39. The SMILES string of the molecule is CC1=C(C(=O)OC(C)C)[C@@H](c2ccco2)N=C(NC#N)N1. The van der Waals surface area contributed by atoms with Crippen LogP contribution in [0.25, 0.3) is 0 Å². The van der Waals surface area contributed by atoms with Gasteiger partial charge in [-0.3, -0.25) is 5.32 Å². The first-order chi connectivity index (χ1) is 10.0. The molecule has 0 bridgehead atoms. The van der Waals surface area contributed by atoms with Gasteiger partial charge in [-0.25, -0.2) is 9.79 Å². The molecule has 0 unspecified atom stereocenters. The van der Waals surface area contributed by atoms with Gasteiger partial charge >= 0.3 is 5.97 Å². The molecule has 2 heterocycles. The molecule has 0 aromatic carbocycles. The number of esters is 1. The predicted molar refractivity (Wildman–Crippen MR) is 74.7 cm³/mol. The highest BCUT2D eigenvalue weighted by molar-refractivity contribution is 5.95. The molecule has 0 aliphatic carbocycles. The van der Waals surface area contributed by atoms with Crippen molar-refractivity contribution in [2.75, 3.05) is 0 Å². The van der Waals surface area contributed by atoms with Crippen LogP contribution in [0.1, 0.15) is 32.6 Å².